The summed E-state index contributed by atoms with van der Waals surface area (Å²) in [7, 11) is 1.80. The van der Waals surface area contributed by atoms with Crippen molar-refractivity contribution in [3.8, 4) is 0 Å². The number of carbonyl (C=O) groups excluding carboxylic acids is 2. The number of carbonyl (C=O) groups is 2. The molecule has 1 aromatic heterocycles. The van der Waals surface area contributed by atoms with Gasteiger partial charge in [0.25, 0.3) is 5.91 Å². The Morgan fingerprint density at radius 3 is 2.49 bits per heavy atom. The standard InChI is InChI=1S/C24H37N7O3.CH4/c1-5-17(15-16(3)7-12-27-20(32)8-11-26-4)28-24-21(22(25)33)30-19(6-2)23(31-24)29-18-9-13-34-14-10-18;/h5,15,18,26H,1,3,6-14H2,2,4H3,(H2,25,33)(H,27,32)(H2,28,29,31);1H4/b17-15+;. The molecule has 0 bridgehead atoms. The van der Waals surface area contributed by atoms with Crippen LogP contribution in [-0.4, -0.2) is 61.2 Å². The van der Waals surface area contributed by atoms with Gasteiger partial charge in [-0.05, 0) is 44.9 Å². The highest BCUT2D eigenvalue weighted by molar-refractivity contribution is 5.96. The van der Waals surface area contributed by atoms with Crippen molar-refractivity contribution < 1.29 is 14.3 Å². The van der Waals surface area contributed by atoms with Crippen LogP contribution in [0, 0.1) is 0 Å². The van der Waals surface area contributed by atoms with Gasteiger partial charge in [0.2, 0.25) is 5.91 Å². The highest BCUT2D eigenvalue weighted by atomic mass is 16.5. The molecule has 10 nitrogen and oxygen atoms in total. The molecule has 1 aromatic rings. The van der Waals surface area contributed by atoms with Gasteiger partial charge in [-0.2, -0.15) is 0 Å². The average Bonchev–Trinajstić information content (AvgIpc) is 2.82. The summed E-state index contributed by atoms with van der Waals surface area (Å²) in [4.78, 5) is 33.0. The lowest BCUT2D eigenvalue weighted by atomic mass is 10.1. The fourth-order valence-corrected chi connectivity index (χ4v) is 3.39. The molecule has 0 spiro atoms. The van der Waals surface area contributed by atoms with Crippen LogP contribution in [-0.2, 0) is 16.0 Å². The third kappa shape index (κ3) is 9.87. The lowest BCUT2D eigenvalue weighted by Crippen LogP contribution is -2.29. The number of aryl methyl sites for hydroxylation is 1. The maximum Gasteiger partial charge on any atom is 0.271 e. The maximum atomic E-state index is 12.1. The summed E-state index contributed by atoms with van der Waals surface area (Å²) in [6.07, 6.45) is 6.71. The molecule has 0 radical (unpaired) electrons. The van der Waals surface area contributed by atoms with Gasteiger partial charge in [-0.15, -0.1) is 0 Å². The minimum atomic E-state index is -0.672. The third-order valence-electron chi connectivity index (χ3n) is 5.31. The number of amides is 2. The minimum Gasteiger partial charge on any atom is -0.381 e. The quantitative estimate of drug-likeness (QED) is 0.252. The van der Waals surface area contributed by atoms with Crippen LogP contribution in [0.3, 0.4) is 0 Å². The maximum absolute atomic E-state index is 12.1. The molecule has 0 aliphatic carbocycles. The van der Waals surface area contributed by atoms with E-state index in [-0.39, 0.29) is 30.9 Å². The zero-order valence-corrected chi connectivity index (χ0v) is 20.2. The van der Waals surface area contributed by atoms with Gasteiger partial charge in [0.1, 0.15) is 0 Å². The lowest BCUT2D eigenvalue weighted by Gasteiger charge is -2.25. The van der Waals surface area contributed by atoms with E-state index < -0.39 is 5.91 Å². The predicted octanol–water partition coefficient (Wildman–Crippen LogP) is 2.52. The Morgan fingerprint density at radius 2 is 1.89 bits per heavy atom. The SMILES string of the molecule is C.C=C/C(=C\C(=C)CCNC(=O)CCNC)Nc1nc(NC2CCOCC2)c(CC)nc1C(N)=O. The van der Waals surface area contributed by atoms with Gasteiger partial charge in [-0.1, -0.05) is 33.1 Å². The number of nitrogens with zero attached hydrogens (tertiary/aromatic N) is 2. The molecule has 6 N–H and O–H groups in total. The Hall–Kier alpha value is -3.24. The van der Waals surface area contributed by atoms with Crippen molar-refractivity contribution in [1.29, 1.82) is 0 Å². The van der Waals surface area contributed by atoms with E-state index >= 15 is 0 Å². The summed E-state index contributed by atoms with van der Waals surface area (Å²) in [5.74, 6) is 0.177. The average molecular weight is 488 g/mol. The second-order valence-electron chi connectivity index (χ2n) is 8.01. The Kier molecular flexibility index (Phi) is 13.3. The van der Waals surface area contributed by atoms with E-state index in [0.29, 0.717) is 62.8 Å². The normalized spacial score (nSPS) is 13.9. The zero-order valence-electron chi connectivity index (χ0n) is 20.2. The summed E-state index contributed by atoms with van der Waals surface area (Å²) in [6.45, 7) is 12.3. The van der Waals surface area contributed by atoms with Gasteiger partial charge in [-0.25, -0.2) is 9.97 Å². The molecule has 1 aliphatic rings. The molecule has 1 fully saturated rings. The van der Waals surface area contributed by atoms with E-state index in [0.717, 1.165) is 18.4 Å². The second-order valence-corrected chi connectivity index (χ2v) is 8.01. The molecule has 2 rings (SSSR count). The number of nitrogens with two attached hydrogens (primary N) is 1. The summed E-state index contributed by atoms with van der Waals surface area (Å²) < 4.78 is 5.43. The van der Waals surface area contributed by atoms with Crippen LogP contribution >= 0.6 is 0 Å². The molecule has 0 aromatic carbocycles. The van der Waals surface area contributed by atoms with E-state index in [1.807, 2.05) is 6.92 Å². The van der Waals surface area contributed by atoms with Gasteiger partial charge in [0.15, 0.2) is 17.3 Å². The predicted molar refractivity (Wildman–Crippen MR) is 141 cm³/mol. The molecule has 2 heterocycles. The topological polar surface area (TPSA) is 143 Å². The third-order valence-corrected chi connectivity index (χ3v) is 5.31. The highest BCUT2D eigenvalue weighted by Crippen LogP contribution is 2.23. The van der Waals surface area contributed by atoms with Crippen LogP contribution < -0.4 is 27.0 Å². The van der Waals surface area contributed by atoms with Crippen molar-refractivity contribution >= 4 is 23.5 Å². The van der Waals surface area contributed by atoms with Crippen LogP contribution in [0.4, 0.5) is 11.6 Å². The Morgan fingerprint density at radius 1 is 1.17 bits per heavy atom. The molecule has 35 heavy (non-hydrogen) atoms. The number of hydrogen-bond donors (Lipinski definition) is 5. The van der Waals surface area contributed by atoms with Crippen LogP contribution in [0.2, 0.25) is 0 Å². The number of aromatic nitrogens is 2. The lowest BCUT2D eigenvalue weighted by molar-refractivity contribution is -0.120. The molecule has 10 heteroatoms. The van der Waals surface area contributed by atoms with E-state index in [9.17, 15) is 9.59 Å². The zero-order chi connectivity index (χ0) is 24.9. The molecular weight excluding hydrogens is 446 g/mol. The second kappa shape index (κ2) is 15.6. The van der Waals surface area contributed by atoms with Crippen LogP contribution in [0.15, 0.2) is 36.6 Å². The molecule has 1 saturated heterocycles. The van der Waals surface area contributed by atoms with E-state index in [2.05, 4.69) is 44.4 Å². The molecule has 0 unspecified atom stereocenters. The molecule has 2 amide bonds. The van der Waals surface area contributed by atoms with Gasteiger partial charge in [-0.3, -0.25) is 9.59 Å². The smallest absolute Gasteiger partial charge is 0.271 e. The van der Waals surface area contributed by atoms with Crippen LogP contribution in [0.25, 0.3) is 0 Å². The number of anilines is 2. The van der Waals surface area contributed by atoms with Crippen LogP contribution in [0.1, 0.15) is 56.2 Å². The van der Waals surface area contributed by atoms with Gasteiger partial charge >= 0.3 is 0 Å². The van der Waals surface area contributed by atoms with Crippen molar-refractivity contribution in [3.05, 3.63) is 48.0 Å². The van der Waals surface area contributed by atoms with E-state index in [1.54, 1.807) is 19.2 Å². The first kappa shape index (κ1) is 29.8. The van der Waals surface area contributed by atoms with Crippen molar-refractivity contribution in [1.82, 2.24) is 20.6 Å². The summed E-state index contributed by atoms with van der Waals surface area (Å²) in [5, 5.41) is 12.3. The number of nitrogens with one attached hydrogen (secondary N) is 4. The number of ether oxygens (including phenoxy) is 1. The molecule has 1 aliphatic heterocycles. The number of rotatable bonds is 14. The summed E-state index contributed by atoms with van der Waals surface area (Å²) >= 11 is 0. The van der Waals surface area contributed by atoms with Crippen LogP contribution in [0.5, 0.6) is 0 Å². The van der Waals surface area contributed by atoms with Gasteiger partial charge in [0, 0.05) is 44.5 Å². The number of hydrogen-bond acceptors (Lipinski definition) is 8. The van der Waals surface area contributed by atoms with Crippen molar-refractivity contribution in [2.24, 2.45) is 5.73 Å². The fourth-order valence-electron chi connectivity index (χ4n) is 3.39. The van der Waals surface area contributed by atoms with Gasteiger partial charge < -0.3 is 31.7 Å². The fraction of sp³-hybridized carbons (Fsp3) is 0.520. The molecule has 0 atom stereocenters. The first-order valence-corrected chi connectivity index (χ1v) is 11.6. The highest BCUT2D eigenvalue weighted by Gasteiger charge is 2.20. The molecular formula is C25H41N7O3. The Bertz CT molecular complexity index is 909. The number of primary amides is 1. The Labute approximate surface area is 208 Å². The van der Waals surface area contributed by atoms with Crippen molar-refractivity contribution in [2.75, 3.05) is 44.0 Å². The van der Waals surface area contributed by atoms with Crippen molar-refractivity contribution in [2.45, 2.75) is 52.5 Å². The Balaban J connectivity index is 0.00000612. The monoisotopic (exact) mass is 487 g/mol. The molecule has 194 valence electrons. The number of allylic oxidation sites excluding steroid dienone is 2. The van der Waals surface area contributed by atoms with Gasteiger partial charge in [0.05, 0.1) is 5.69 Å². The summed E-state index contributed by atoms with van der Waals surface area (Å²) in [5.41, 5.74) is 7.69. The molecule has 0 saturated carbocycles. The van der Waals surface area contributed by atoms with Crippen molar-refractivity contribution in [3.63, 3.8) is 0 Å². The summed E-state index contributed by atoms with van der Waals surface area (Å²) in [6, 6.07) is 0.221. The largest absolute Gasteiger partial charge is 0.381 e. The van der Waals surface area contributed by atoms with E-state index in [4.69, 9.17) is 10.5 Å². The first-order chi connectivity index (χ1) is 16.4. The first-order valence-electron chi connectivity index (χ1n) is 11.6. The van der Waals surface area contributed by atoms with E-state index in [1.165, 1.54) is 0 Å². The minimum absolute atomic E-state index is 0.